The number of ether oxygens (including phenoxy) is 2. The molecule has 0 bridgehead atoms. The highest BCUT2D eigenvalue weighted by atomic mass is 35.5. The zero-order valence-corrected chi connectivity index (χ0v) is 23.1. The van der Waals surface area contributed by atoms with Crippen LogP contribution >= 0.6 is 23.2 Å². The molecule has 4 rings (SSSR count). The van der Waals surface area contributed by atoms with Gasteiger partial charge in [0.05, 0.1) is 27.0 Å². The summed E-state index contributed by atoms with van der Waals surface area (Å²) < 4.78 is 65.4. The zero-order chi connectivity index (χ0) is 27.5. The Balaban J connectivity index is 1.48. The number of sulfonamides is 2. The second-order valence-electron chi connectivity index (χ2n) is 8.04. The molecule has 2 N–H and O–H groups in total. The molecule has 1 heterocycles. The highest BCUT2D eigenvalue weighted by Crippen LogP contribution is 2.35. The summed E-state index contributed by atoms with van der Waals surface area (Å²) in [5.41, 5.74) is 0.680. The van der Waals surface area contributed by atoms with Crippen molar-refractivity contribution in [2.75, 3.05) is 39.9 Å². The van der Waals surface area contributed by atoms with Crippen LogP contribution in [0.25, 0.3) is 0 Å². The maximum Gasteiger partial charge on any atom is 0.261 e. The molecule has 0 fully saturated rings. The predicted octanol–water partition coefficient (Wildman–Crippen LogP) is 4.36. The Labute approximate surface area is 230 Å². The Morgan fingerprint density at radius 1 is 0.921 bits per heavy atom. The van der Waals surface area contributed by atoms with Crippen molar-refractivity contribution in [3.8, 4) is 11.5 Å². The van der Waals surface area contributed by atoms with Gasteiger partial charge in [0.1, 0.15) is 19.8 Å². The SMILES string of the molecule is CCS(=O)(=O)N(CC(=O)Nc1ccc(S(=O)(=O)Nc2ccc(Cl)cc2Cl)cc1)c1ccc2c(c1)OCCO2. The molecule has 1 aliphatic rings. The van der Waals surface area contributed by atoms with Crippen molar-refractivity contribution in [1.29, 1.82) is 0 Å². The van der Waals surface area contributed by atoms with E-state index < -0.39 is 32.5 Å². The highest BCUT2D eigenvalue weighted by molar-refractivity contribution is 7.93. The molecule has 1 amide bonds. The van der Waals surface area contributed by atoms with Crippen LogP contribution in [-0.2, 0) is 24.8 Å². The number of anilines is 3. The van der Waals surface area contributed by atoms with Crippen molar-refractivity contribution in [1.82, 2.24) is 0 Å². The maximum absolute atomic E-state index is 12.8. The minimum absolute atomic E-state index is 0.0759. The molecule has 0 atom stereocenters. The molecule has 3 aromatic carbocycles. The zero-order valence-electron chi connectivity index (χ0n) is 20.0. The number of carbonyl (C=O) groups is 1. The molecule has 0 unspecified atom stereocenters. The van der Waals surface area contributed by atoms with Crippen LogP contribution < -0.4 is 23.8 Å². The normalized spacial score (nSPS) is 13.0. The fourth-order valence-corrected chi connectivity index (χ4v) is 6.17. The Morgan fingerprint density at radius 3 is 2.26 bits per heavy atom. The summed E-state index contributed by atoms with van der Waals surface area (Å²) in [6, 6.07) is 14.3. The van der Waals surface area contributed by atoms with Gasteiger partial charge in [-0.25, -0.2) is 16.8 Å². The number of hydrogen-bond donors (Lipinski definition) is 2. The smallest absolute Gasteiger partial charge is 0.261 e. The average Bonchev–Trinajstić information content (AvgIpc) is 2.89. The average molecular weight is 601 g/mol. The lowest BCUT2D eigenvalue weighted by Gasteiger charge is -2.25. The summed E-state index contributed by atoms with van der Waals surface area (Å²) in [4.78, 5) is 12.7. The van der Waals surface area contributed by atoms with Crippen LogP contribution in [0, 0.1) is 0 Å². The molecular formula is C24H23Cl2N3O7S2. The van der Waals surface area contributed by atoms with Gasteiger partial charge in [-0.1, -0.05) is 23.2 Å². The summed E-state index contributed by atoms with van der Waals surface area (Å²) in [7, 11) is -7.80. The highest BCUT2D eigenvalue weighted by Gasteiger charge is 2.26. The minimum Gasteiger partial charge on any atom is -0.486 e. The molecule has 1 aliphatic heterocycles. The van der Waals surface area contributed by atoms with Crippen molar-refractivity contribution in [2.24, 2.45) is 0 Å². The first kappa shape index (κ1) is 27.8. The van der Waals surface area contributed by atoms with E-state index in [0.717, 1.165) is 4.31 Å². The van der Waals surface area contributed by atoms with E-state index in [1.807, 2.05) is 0 Å². The Morgan fingerprint density at radius 2 is 1.61 bits per heavy atom. The Kier molecular flexibility index (Phi) is 8.26. The molecule has 3 aromatic rings. The molecule has 10 nitrogen and oxygen atoms in total. The number of nitrogens with one attached hydrogen (secondary N) is 2. The van der Waals surface area contributed by atoms with E-state index in [1.165, 1.54) is 61.5 Å². The molecule has 0 saturated carbocycles. The van der Waals surface area contributed by atoms with Gasteiger partial charge in [-0.2, -0.15) is 0 Å². The van der Waals surface area contributed by atoms with Gasteiger partial charge in [0, 0.05) is 16.8 Å². The number of carbonyl (C=O) groups excluding carboxylic acids is 1. The second kappa shape index (κ2) is 11.3. The number of fused-ring (bicyclic) bond motifs is 1. The van der Waals surface area contributed by atoms with E-state index in [2.05, 4.69) is 10.0 Å². The van der Waals surface area contributed by atoms with Crippen LogP contribution in [0.5, 0.6) is 11.5 Å². The van der Waals surface area contributed by atoms with Gasteiger partial charge in [0.15, 0.2) is 11.5 Å². The van der Waals surface area contributed by atoms with E-state index >= 15 is 0 Å². The third-order valence-electron chi connectivity index (χ3n) is 5.43. The molecule has 38 heavy (non-hydrogen) atoms. The molecule has 14 heteroatoms. The van der Waals surface area contributed by atoms with Crippen LogP contribution in [0.15, 0.2) is 65.6 Å². The number of rotatable bonds is 9. The number of halogens is 2. The lowest BCUT2D eigenvalue weighted by Crippen LogP contribution is -2.39. The van der Waals surface area contributed by atoms with E-state index in [0.29, 0.717) is 29.7 Å². The maximum atomic E-state index is 12.8. The predicted molar refractivity (Wildman–Crippen MR) is 147 cm³/mol. The fourth-order valence-electron chi connectivity index (χ4n) is 3.52. The molecule has 0 radical (unpaired) electrons. The second-order valence-corrected chi connectivity index (χ2v) is 12.7. The van der Waals surface area contributed by atoms with Gasteiger partial charge >= 0.3 is 0 Å². The summed E-state index contributed by atoms with van der Waals surface area (Å²) in [6.07, 6.45) is 0. The molecule has 0 aliphatic carbocycles. The summed E-state index contributed by atoms with van der Waals surface area (Å²) in [5, 5.41) is 3.08. The Hall–Kier alpha value is -3.19. The van der Waals surface area contributed by atoms with Crippen LogP contribution in [0.4, 0.5) is 17.1 Å². The molecule has 202 valence electrons. The summed E-state index contributed by atoms with van der Waals surface area (Å²) >= 11 is 11.9. The first-order chi connectivity index (χ1) is 18.0. The third kappa shape index (κ3) is 6.44. The van der Waals surface area contributed by atoms with E-state index in [9.17, 15) is 21.6 Å². The first-order valence-electron chi connectivity index (χ1n) is 11.3. The fraction of sp³-hybridized carbons (Fsp3) is 0.208. The summed E-state index contributed by atoms with van der Waals surface area (Å²) in [5.74, 6) is 0.0156. The first-order valence-corrected chi connectivity index (χ1v) is 15.1. The van der Waals surface area contributed by atoms with Gasteiger partial charge in [0.2, 0.25) is 15.9 Å². The van der Waals surface area contributed by atoms with Crippen molar-refractivity contribution >= 4 is 66.2 Å². The van der Waals surface area contributed by atoms with Crippen LogP contribution in [0.3, 0.4) is 0 Å². The van der Waals surface area contributed by atoms with Gasteiger partial charge in [0.25, 0.3) is 10.0 Å². The van der Waals surface area contributed by atoms with Crippen molar-refractivity contribution in [3.05, 3.63) is 70.7 Å². The number of benzene rings is 3. The van der Waals surface area contributed by atoms with Crippen molar-refractivity contribution < 1.29 is 31.1 Å². The van der Waals surface area contributed by atoms with E-state index in [1.54, 1.807) is 6.07 Å². The van der Waals surface area contributed by atoms with Gasteiger partial charge in [-0.15, -0.1) is 0 Å². The lowest BCUT2D eigenvalue weighted by atomic mass is 10.2. The Bertz CT molecular complexity index is 1560. The van der Waals surface area contributed by atoms with Gasteiger partial charge in [-0.05, 0) is 61.5 Å². The van der Waals surface area contributed by atoms with Crippen LogP contribution in [-0.4, -0.2) is 48.3 Å². The number of amides is 1. The summed E-state index contributed by atoms with van der Waals surface area (Å²) in [6.45, 7) is 1.68. The lowest BCUT2D eigenvalue weighted by molar-refractivity contribution is -0.114. The number of hydrogen-bond acceptors (Lipinski definition) is 7. The van der Waals surface area contributed by atoms with Gasteiger partial charge < -0.3 is 14.8 Å². The van der Waals surface area contributed by atoms with Crippen molar-refractivity contribution in [3.63, 3.8) is 0 Å². The topological polar surface area (TPSA) is 131 Å². The van der Waals surface area contributed by atoms with Crippen molar-refractivity contribution in [2.45, 2.75) is 11.8 Å². The minimum atomic E-state index is -3.98. The van der Waals surface area contributed by atoms with Gasteiger partial charge in [-0.3, -0.25) is 13.8 Å². The standard InChI is InChI=1S/C24H23Cl2N3O7S2/c1-2-37(31,32)29(18-6-10-22-23(14-18)36-12-11-35-22)15-24(30)27-17-4-7-19(8-5-17)38(33,34)28-21-9-3-16(25)13-20(21)26/h3-10,13-14,28H,2,11-12,15H2,1H3,(H,27,30). The molecule has 0 aromatic heterocycles. The molecule has 0 spiro atoms. The largest absolute Gasteiger partial charge is 0.486 e. The van der Waals surface area contributed by atoms with Crippen LogP contribution in [0.2, 0.25) is 10.0 Å². The third-order valence-corrected chi connectivity index (χ3v) is 9.10. The van der Waals surface area contributed by atoms with Crippen LogP contribution in [0.1, 0.15) is 6.92 Å². The molecular weight excluding hydrogens is 577 g/mol. The molecule has 0 saturated heterocycles. The quantitative estimate of drug-likeness (QED) is 0.373. The monoisotopic (exact) mass is 599 g/mol. The van der Waals surface area contributed by atoms with E-state index in [-0.39, 0.29) is 32.7 Å². The number of nitrogens with zero attached hydrogens (tertiary/aromatic N) is 1. The van der Waals surface area contributed by atoms with E-state index in [4.69, 9.17) is 32.7 Å².